The first-order valence-corrected chi connectivity index (χ1v) is 6.83. The zero-order valence-corrected chi connectivity index (χ0v) is 12.2. The molecule has 1 aromatic rings. The minimum atomic E-state index is 0.159. The molecule has 0 spiro atoms. The van der Waals surface area contributed by atoms with Crippen LogP contribution in [0.4, 0.5) is 0 Å². The number of ether oxygens (including phenoxy) is 1. The van der Waals surface area contributed by atoms with Crippen LogP contribution in [0.15, 0.2) is 18.3 Å². The second-order valence-electron chi connectivity index (χ2n) is 5.55. The Labute approximate surface area is 111 Å². The molecule has 1 N–H and O–H groups in total. The third kappa shape index (κ3) is 5.50. The maximum atomic E-state index is 5.71. The number of hydrogen-bond donors (Lipinski definition) is 1. The van der Waals surface area contributed by atoms with Crippen molar-refractivity contribution in [3.8, 4) is 5.88 Å². The Bertz CT molecular complexity index is 350. The van der Waals surface area contributed by atoms with Gasteiger partial charge in [-0.05, 0) is 39.2 Å². The van der Waals surface area contributed by atoms with Crippen molar-refractivity contribution in [1.82, 2.24) is 10.3 Å². The summed E-state index contributed by atoms with van der Waals surface area (Å²) in [6.45, 7) is 11.6. The van der Waals surface area contributed by atoms with Crippen molar-refractivity contribution in [2.75, 3.05) is 0 Å². The van der Waals surface area contributed by atoms with Crippen LogP contribution in [-0.4, -0.2) is 17.1 Å². The molecule has 0 aliphatic heterocycles. The third-order valence-electron chi connectivity index (χ3n) is 2.66. The van der Waals surface area contributed by atoms with Crippen molar-refractivity contribution >= 4 is 0 Å². The molecule has 1 atom stereocenters. The highest BCUT2D eigenvalue weighted by Crippen LogP contribution is 2.16. The van der Waals surface area contributed by atoms with Crippen LogP contribution < -0.4 is 10.1 Å². The molecule has 0 amide bonds. The van der Waals surface area contributed by atoms with E-state index in [1.165, 1.54) is 6.42 Å². The van der Waals surface area contributed by atoms with Gasteiger partial charge in [0.1, 0.15) is 0 Å². The fraction of sp³-hybridized carbons (Fsp3) is 0.667. The highest BCUT2D eigenvalue weighted by molar-refractivity contribution is 5.25. The smallest absolute Gasteiger partial charge is 0.218 e. The van der Waals surface area contributed by atoms with E-state index in [1.807, 2.05) is 19.9 Å². The summed E-state index contributed by atoms with van der Waals surface area (Å²) in [6, 6.07) is 4.54. The summed E-state index contributed by atoms with van der Waals surface area (Å²) < 4.78 is 5.71. The molecule has 18 heavy (non-hydrogen) atoms. The van der Waals surface area contributed by atoms with E-state index in [0.29, 0.717) is 12.0 Å². The van der Waals surface area contributed by atoms with Gasteiger partial charge in [-0.3, -0.25) is 0 Å². The zero-order valence-electron chi connectivity index (χ0n) is 12.2. The lowest BCUT2D eigenvalue weighted by Crippen LogP contribution is -2.27. The van der Waals surface area contributed by atoms with E-state index >= 15 is 0 Å². The molecular formula is C15H26N2O. The van der Waals surface area contributed by atoms with Crippen LogP contribution >= 0.6 is 0 Å². The molecule has 0 radical (unpaired) electrons. The van der Waals surface area contributed by atoms with Crippen LogP contribution in [0.2, 0.25) is 0 Å². The number of nitrogens with one attached hydrogen (secondary N) is 1. The first-order chi connectivity index (χ1) is 8.49. The fourth-order valence-electron chi connectivity index (χ4n) is 1.96. The summed E-state index contributed by atoms with van der Waals surface area (Å²) in [6.07, 6.45) is 3.12. The molecule has 1 rings (SSSR count). The maximum absolute atomic E-state index is 5.71. The van der Waals surface area contributed by atoms with Crippen molar-refractivity contribution in [1.29, 1.82) is 0 Å². The van der Waals surface area contributed by atoms with Gasteiger partial charge >= 0.3 is 0 Å². The quantitative estimate of drug-likeness (QED) is 0.805. The third-order valence-corrected chi connectivity index (χ3v) is 2.66. The average Bonchev–Trinajstić information content (AvgIpc) is 2.26. The van der Waals surface area contributed by atoms with E-state index in [1.54, 1.807) is 6.20 Å². The van der Waals surface area contributed by atoms with Gasteiger partial charge in [-0.1, -0.05) is 19.9 Å². The van der Waals surface area contributed by atoms with E-state index < -0.39 is 0 Å². The summed E-state index contributed by atoms with van der Waals surface area (Å²) in [5.74, 6) is 1.46. The normalized spacial score (nSPS) is 13.1. The molecule has 3 nitrogen and oxygen atoms in total. The van der Waals surface area contributed by atoms with Gasteiger partial charge in [0.2, 0.25) is 5.88 Å². The lowest BCUT2D eigenvalue weighted by molar-refractivity contribution is 0.229. The first kappa shape index (κ1) is 15.0. The molecular weight excluding hydrogens is 224 g/mol. The summed E-state index contributed by atoms with van der Waals surface area (Å²) in [7, 11) is 0. The Morgan fingerprint density at radius 2 is 1.94 bits per heavy atom. The lowest BCUT2D eigenvalue weighted by atomic mass is 10.1. The number of nitrogens with zero attached hydrogens (tertiary/aromatic N) is 1. The molecule has 0 aromatic carbocycles. The van der Waals surface area contributed by atoms with Gasteiger partial charge in [0, 0.05) is 24.3 Å². The van der Waals surface area contributed by atoms with Gasteiger partial charge < -0.3 is 10.1 Å². The van der Waals surface area contributed by atoms with Crippen LogP contribution in [-0.2, 0) is 6.54 Å². The number of pyridine rings is 1. The molecule has 0 aliphatic rings. The first-order valence-electron chi connectivity index (χ1n) is 6.83. The van der Waals surface area contributed by atoms with Crippen LogP contribution in [0, 0.1) is 5.92 Å². The summed E-state index contributed by atoms with van der Waals surface area (Å²) in [5.41, 5.74) is 1.13. The average molecular weight is 250 g/mol. The molecule has 0 bridgehead atoms. The van der Waals surface area contributed by atoms with Gasteiger partial charge in [-0.2, -0.15) is 0 Å². The Balaban J connectivity index is 2.55. The predicted octanol–water partition coefficient (Wildman–Crippen LogP) is 3.39. The molecule has 0 fully saturated rings. The number of rotatable bonds is 7. The van der Waals surface area contributed by atoms with E-state index in [-0.39, 0.29) is 6.10 Å². The van der Waals surface area contributed by atoms with Crippen molar-refractivity contribution in [2.24, 2.45) is 5.92 Å². The van der Waals surface area contributed by atoms with Gasteiger partial charge in [0.25, 0.3) is 0 Å². The number of aromatic nitrogens is 1. The Morgan fingerprint density at radius 1 is 1.22 bits per heavy atom. The second kappa shape index (κ2) is 7.37. The topological polar surface area (TPSA) is 34.2 Å². The van der Waals surface area contributed by atoms with Crippen LogP contribution in [0.3, 0.4) is 0 Å². The molecule has 102 valence electrons. The molecule has 0 saturated heterocycles. The van der Waals surface area contributed by atoms with Gasteiger partial charge in [0.05, 0.1) is 6.10 Å². The second-order valence-corrected chi connectivity index (χ2v) is 5.55. The van der Waals surface area contributed by atoms with Crippen molar-refractivity contribution in [3.63, 3.8) is 0 Å². The maximum Gasteiger partial charge on any atom is 0.218 e. The van der Waals surface area contributed by atoms with E-state index in [4.69, 9.17) is 4.74 Å². The largest absolute Gasteiger partial charge is 0.475 e. The zero-order chi connectivity index (χ0) is 13.5. The molecule has 1 heterocycles. The summed E-state index contributed by atoms with van der Waals surface area (Å²) >= 11 is 0. The van der Waals surface area contributed by atoms with Crippen molar-refractivity contribution < 1.29 is 4.74 Å². The summed E-state index contributed by atoms with van der Waals surface area (Å²) in [5, 5.41) is 3.52. The van der Waals surface area contributed by atoms with E-state index in [9.17, 15) is 0 Å². The molecule has 1 aromatic heterocycles. The monoisotopic (exact) mass is 250 g/mol. The van der Waals surface area contributed by atoms with Crippen LogP contribution in [0.25, 0.3) is 0 Å². The Morgan fingerprint density at radius 3 is 2.56 bits per heavy atom. The van der Waals surface area contributed by atoms with Crippen molar-refractivity contribution in [3.05, 3.63) is 23.9 Å². The minimum absolute atomic E-state index is 0.159. The van der Waals surface area contributed by atoms with E-state index in [2.05, 4.69) is 37.1 Å². The van der Waals surface area contributed by atoms with Crippen LogP contribution in [0.5, 0.6) is 5.88 Å². The van der Waals surface area contributed by atoms with Gasteiger partial charge in [-0.25, -0.2) is 4.98 Å². The van der Waals surface area contributed by atoms with Gasteiger partial charge in [0.15, 0.2) is 0 Å². The molecule has 0 saturated carbocycles. The fourth-order valence-corrected chi connectivity index (χ4v) is 1.96. The standard InChI is InChI=1S/C15H26N2O/c1-11(2)9-13(5)17-10-14-7-6-8-16-15(14)18-12(3)4/h6-8,11-13,17H,9-10H2,1-5H3. The predicted molar refractivity (Wildman–Crippen MR) is 75.8 cm³/mol. The summed E-state index contributed by atoms with van der Waals surface area (Å²) in [4.78, 5) is 4.30. The lowest BCUT2D eigenvalue weighted by Gasteiger charge is -2.17. The molecule has 3 heteroatoms. The van der Waals surface area contributed by atoms with Gasteiger partial charge in [-0.15, -0.1) is 0 Å². The Hall–Kier alpha value is -1.09. The van der Waals surface area contributed by atoms with Crippen molar-refractivity contribution in [2.45, 2.75) is 59.7 Å². The molecule has 1 unspecified atom stereocenters. The number of hydrogen-bond acceptors (Lipinski definition) is 3. The minimum Gasteiger partial charge on any atom is -0.475 e. The highest BCUT2D eigenvalue weighted by atomic mass is 16.5. The van der Waals surface area contributed by atoms with Crippen LogP contribution in [0.1, 0.15) is 46.6 Å². The highest BCUT2D eigenvalue weighted by Gasteiger charge is 2.09. The Kier molecular flexibility index (Phi) is 6.13. The SMILES string of the molecule is CC(C)CC(C)NCc1cccnc1OC(C)C. The van der Waals surface area contributed by atoms with E-state index in [0.717, 1.165) is 18.0 Å². The molecule has 0 aliphatic carbocycles.